The highest BCUT2D eigenvalue weighted by Crippen LogP contribution is 2.31. The van der Waals surface area contributed by atoms with Crippen LogP contribution >= 0.6 is 0 Å². The van der Waals surface area contributed by atoms with E-state index < -0.39 is 6.04 Å². The first-order valence-electron chi connectivity index (χ1n) is 13.5. The molecule has 3 aromatic carbocycles. The molecule has 6 nitrogen and oxygen atoms in total. The zero-order chi connectivity index (χ0) is 26.9. The summed E-state index contributed by atoms with van der Waals surface area (Å²) in [5.41, 5.74) is 4.17. The Morgan fingerprint density at radius 3 is 2.29 bits per heavy atom. The molecule has 0 saturated carbocycles. The minimum absolute atomic E-state index is 0.0230. The third kappa shape index (κ3) is 7.37. The van der Waals surface area contributed by atoms with Gasteiger partial charge in [0.15, 0.2) is 11.5 Å². The Labute approximate surface area is 226 Å². The van der Waals surface area contributed by atoms with Gasteiger partial charge >= 0.3 is 0 Å². The van der Waals surface area contributed by atoms with Gasteiger partial charge in [-0.2, -0.15) is 0 Å². The second-order valence-electron chi connectivity index (χ2n) is 10.0. The number of benzene rings is 3. The van der Waals surface area contributed by atoms with Crippen LogP contribution in [-0.4, -0.2) is 42.0 Å². The molecule has 0 spiro atoms. The van der Waals surface area contributed by atoms with Crippen LogP contribution in [0.15, 0.2) is 72.8 Å². The van der Waals surface area contributed by atoms with Gasteiger partial charge in [0.05, 0.1) is 0 Å². The summed E-state index contributed by atoms with van der Waals surface area (Å²) >= 11 is 0. The minimum Gasteiger partial charge on any atom is -0.486 e. The first kappa shape index (κ1) is 27.2. The molecule has 200 valence electrons. The van der Waals surface area contributed by atoms with Gasteiger partial charge in [0, 0.05) is 25.4 Å². The van der Waals surface area contributed by atoms with E-state index in [1.54, 1.807) is 4.90 Å². The van der Waals surface area contributed by atoms with Crippen molar-refractivity contribution in [3.05, 3.63) is 95.1 Å². The number of hydrogen-bond donors (Lipinski definition) is 1. The van der Waals surface area contributed by atoms with Gasteiger partial charge in [-0.25, -0.2) is 0 Å². The lowest BCUT2D eigenvalue weighted by Gasteiger charge is -2.32. The predicted molar refractivity (Wildman–Crippen MR) is 149 cm³/mol. The van der Waals surface area contributed by atoms with Gasteiger partial charge in [-0.1, -0.05) is 73.2 Å². The molecule has 4 rings (SSSR count). The largest absolute Gasteiger partial charge is 0.486 e. The third-order valence-electron chi connectivity index (χ3n) is 6.98. The van der Waals surface area contributed by atoms with Crippen molar-refractivity contribution in [1.29, 1.82) is 0 Å². The molecule has 0 aromatic heterocycles. The number of carbonyl (C=O) groups is 2. The normalized spacial score (nSPS) is 13.9. The first-order chi connectivity index (χ1) is 18.4. The molecular formula is C32H38N2O4. The number of hydrogen-bond acceptors (Lipinski definition) is 4. The summed E-state index contributed by atoms with van der Waals surface area (Å²) in [6.07, 6.45) is 2.10. The van der Waals surface area contributed by atoms with E-state index in [9.17, 15) is 9.59 Å². The van der Waals surface area contributed by atoms with Crippen LogP contribution in [-0.2, 0) is 29.0 Å². The van der Waals surface area contributed by atoms with Gasteiger partial charge in [-0.05, 0) is 55.5 Å². The SMILES string of the molecule is CC[C@H](C)NC(=O)[C@H](Cc1ccccc1)N(Cc1ccc(C)cc1)C(=O)CCc1ccc2c(c1)OCCO2. The van der Waals surface area contributed by atoms with E-state index in [0.29, 0.717) is 38.3 Å². The Hall–Kier alpha value is -3.80. The standard InChI is InChI=1S/C32H38N2O4/c1-4-24(3)33-32(36)28(20-25-8-6-5-7-9-25)34(22-27-12-10-23(2)11-13-27)31(35)17-15-26-14-16-29-30(21-26)38-19-18-37-29/h5-14,16,21,24,28H,4,15,17-20,22H2,1-3H3,(H,33,36)/t24-,28-/m0/s1. The lowest BCUT2D eigenvalue weighted by molar-refractivity contribution is -0.141. The van der Waals surface area contributed by atoms with Crippen LogP contribution in [0.1, 0.15) is 48.9 Å². The Morgan fingerprint density at radius 1 is 0.895 bits per heavy atom. The molecule has 0 saturated heterocycles. The van der Waals surface area contributed by atoms with Crippen molar-refractivity contribution in [2.45, 2.75) is 65.1 Å². The van der Waals surface area contributed by atoms with E-state index >= 15 is 0 Å². The summed E-state index contributed by atoms with van der Waals surface area (Å²) in [7, 11) is 0. The Balaban J connectivity index is 1.59. The number of nitrogens with one attached hydrogen (secondary N) is 1. The molecule has 0 radical (unpaired) electrons. The van der Waals surface area contributed by atoms with Crippen molar-refractivity contribution in [3.63, 3.8) is 0 Å². The fraction of sp³-hybridized carbons (Fsp3) is 0.375. The zero-order valence-electron chi connectivity index (χ0n) is 22.6. The van der Waals surface area contributed by atoms with Crippen LogP contribution in [0.2, 0.25) is 0 Å². The van der Waals surface area contributed by atoms with Gasteiger partial charge < -0.3 is 19.7 Å². The average Bonchev–Trinajstić information content (AvgIpc) is 2.94. The Bertz CT molecular complexity index is 1210. The number of carbonyl (C=O) groups excluding carboxylic acids is 2. The van der Waals surface area contributed by atoms with Gasteiger partial charge in [-0.15, -0.1) is 0 Å². The first-order valence-corrected chi connectivity index (χ1v) is 13.5. The van der Waals surface area contributed by atoms with Crippen LogP contribution in [0.25, 0.3) is 0 Å². The van der Waals surface area contributed by atoms with Crippen LogP contribution < -0.4 is 14.8 Å². The Kier molecular flexibility index (Phi) is 9.41. The molecule has 6 heteroatoms. The van der Waals surface area contributed by atoms with Gasteiger partial charge in [-0.3, -0.25) is 9.59 Å². The van der Waals surface area contributed by atoms with E-state index in [2.05, 4.69) is 5.32 Å². The Morgan fingerprint density at radius 2 is 1.58 bits per heavy atom. The lowest BCUT2D eigenvalue weighted by atomic mass is 10.0. The van der Waals surface area contributed by atoms with Crippen LogP contribution in [0.3, 0.4) is 0 Å². The molecule has 2 amide bonds. The number of ether oxygens (including phenoxy) is 2. The van der Waals surface area contributed by atoms with E-state index in [1.807, 2.05) is 93.6 Å². The number of aryl methyl sites for hydroxylation is 2. The summed E-state index contributed by atoms with van der Waals surface area (Å²) in [6, 6.07) is 23.3. The second kappa shape index (κ2) is 13.1. The highest BCUT2D eigenvalue weighted by atomic mass is 16.6. The summed E-state index contributed by atoms with van der Waals surface area (Å²) in [4.78, 5) is 29.2. The van der Waals surface area contributed by atoms with Crippen LogP contribution in [0, 0.1) is 6.92 Å². The van der Waals surface area contributed by atoms with Crippen molar-refractivity contribution in [2.75, 3.05) is 13.2 Å². The molecule has 1 N–H and O–H groups in total. The smallest absolute Gasteiger partial charge is 0.243 e. The fourth-order valence-electron chi connectivity index (χ4n) is 4.52. The second-order valence-corrected chi connectivity index (χ2v) is 10.0. The molecule has 3 aromatic rings. The number of fused-ring (bicyclic) bond motifs is 1. The number of rotatable bonds is 11. The van der Waals surface area contributed by atoms with Crippen molar-refractivity contribution in [3.8, 4) is 11.5 Å². The van der Waals surface area contributed by atoms with Crippen molar-refractivity contribution < 1.29 is 19.1 Å². The average molecular weight is 515 g/mol. The monoisotopic (exact) mass is 514 g/mol. The van der Waals surface area contributed by atoms with E-state index in [1.165, 1.54) is 0 Å². The molecular weight excluding hydrogens is 476 g/mol. The minimum atomic E-state index is -0.625. The van der Waals surface area contributed by atoms with Crippen molar-refractivity contribution in [2.24, 2.45) is 0 Å². The lowest BCUT2D eigenvalue weighted by Crippen LogP contribution is -2.52. The quantitative estimate of drug-likeness (QED) is 0.379. The highest BCUT2D eigenvalue weighted by molar-refractivity contribution is 5.88. The maximum absolute atomic E-state index is 13.9. The number of nitrogens with zero attached hydrogens (tertiary/aromatic N) is 1. The molecule has 38 heavy (non-hydrogen) atoms. The van der Waals surface area contributed by atoms with E-state index in [0.717, 1.165) is 34.4 Å². The maximum Gasteiger partial charge on any atom is 0.243 e. The van der Waals surface area contributed by atoms with Crippen LogP contribution in [0.4, 0.5) is 0 Å². The predicted octanol–water partition coefficient (Wildman–Crippen LogP) is 5.25. The fourth-order valence-corrected chi connectivity index (χ4v) is 4.52. The van der Waals surface area contributed by atoms with Gasteiger partial charge in [0.2, 0.25) is 11.8 Å². The van der Waals surface area contributed by atoms with Crippen molar-refractivity contribution >= 4 is 11.8 Å². The zero-order valence-corrected chi connectivity index (χ0v) is 22.6. The summed E-state index contributed by atoms with van der Waals surface area (Å²) < 4.78 is 11.3. The third-order valence-corrected chi connectivity index (χ3v) is 6.98. The van der Waals surface area contributed by atoms with Crippen LogP contribution in [0.5, 0.6) is 11.5 Å². The van der Waals surface area contributed by atoms with Gasteiger partial charge in [0.1, 0.15) is 19.3 Å². The molecule has 1 heterocycles. The number of amides is 2. The summed E-state index contributed by atoms with van der Waals surface area (Å²) in [5.74, 6) is 1.27. The van der Waals surface area contributed by atoms with Crippen molar-refractivity contribution in [1.82, 2.24) is 10.2 Å². The molecule has 0 fully saturated rings. The molecule has 0 unspecified atom stereocenters. The molecule has 1 aliphatic rings. The van der Waals surface area contributed by atoms with E-state index in [-0.39, 0.29) is 24.3 Å². The molecule has 0 aliphatic carbocycles. The summed E-state index contributed by atoms with van der Waals surface area (Å²) in [5, 5.41) is 3.12. The maximum atomic E-state index is 13.9. The molecule has 0 bridgehead atoms. The van der Waals surface area contributed by atoms with E-state index in [4.69, 9.17) is 9.47 Å². The molecule has 1 aliphatic heterocycles. The summed E-state index contributed by atoms with van der Waals surface area (Å²) in [6.45, 7) is 7.50. The highest BCUT2D eigenvalue weighted by Gasteiger charge is 2.30. The molecule has 2 atom stereocenters. The topological polar surface area (TPSA) is 67.9 Å². The van der Waals surface area contributed by atoms with Gasteiger partial charge in [0.25, 0.3) is 0 Å².